The van der Waals surface area contributed by atoms with Gasteiger partial charge >= 0.3 is 0 Å². The first kappa shape index (κ1) is 38.0. The first-order chi connectivity index (χ1) is 34.2. The van der Waals surface area contributed by atoms with Gasteiger partial charge in [0.1, 0.15) is 0 Å². The van der Waals surface area contributed by atoms with E-state index in [0.29, 0.717) is 0 Å². The summed E-state index contributed by atoms with van der Waals surface area (Å²) in [6.45, 7) is 0. The second kappa shape index (κ2) is 14.4. The Morgan fingerprint density at radius 1 is 0.261 bits per heavy atom. The zero-order chi connectivity index (χ0) is 45.2. The number of hydrogen-bond acceptors (Lipinski definition) is 0. The third kappa shape index (κ3) is 5.34. The van der Waals surface area contributed by atoms with Gasteiger partial charge in [0.2, 0.25) is 0 Å². The van der Waals surface area contributed by atoms with Crippen LogP contribution in [0.3, 0.4) is 0 Å². The maximum atomic E-state index is 2.49. The third-order valence-electron chi connectivity index (χ3n) is 15.1. The Balaban J connectivity index is 0.980. The normalized spacial score (nSPS) is 13.0. The van der Waals surface area contributed by atoms with Crippen molar-refractivity contribution in [2.45, 2.75) is 5.41 Å². The Morgan fingerprint density at radius 3 is 1.09 bits per heavy atom. The lowest BCUT2D eigenvalue weighted by molar-refractivity contribution is 0.766. The summed E-state index contributed by atoms with van der Waals surface area (Å²) in [4.78, 5) is 0. The topological polar surface area (TPSA) is 19.7 Å². The molecule has 0 saturated carbocycles. The highest BCUT2D eigenvalue weighted by Gasteiger charge is 2.46. The summed E-state index contributed by atoms with van der Waals surface area (Å²) >= 11 is 0. The molecule has 0 spiro atoms. The van der Waals surface area contributed by atoms with E-state index in [0.717, 1.165) is 22.7 Å². The average molecular weight is 879 g/mol. The Labute approximate surface area is 398 Å². The Hall–Kier alpha value is -9.12. The first-order valence-corrected chi connectivity index (χ1v) is 23.8. The van der Waals surface area contributed by atoms with Crippen LogP contribution in [-0.2, 0) is 5.41 Å². The lowest BCUT2D eigenvalue weighted by atomic mass is 9.67. The van der Waals surface area contributed by atoms with Gasteiger partial charge in [-0.1, -0.05) is 146 Å². The van der Waals surface area contributed by atoms with Gasteiger partial charge in [0.05, 0.1) is 38.5 Å². The molecule has 0 fully saturated rings. The van der Waals surface area contributed by atoms with E-state index in [1.165, 1.54) is 98.8 Å². The minimum atomic E-state index is -0.628. The van der Waals surface area contributed by atoms with Crippen LogP contribution in [0.4, 0.5) is 0 Å². The molecule has 69 heavy (non-hydrogen) atoms. The van der Waals surface area contributed by atoms with Crippen molar-refractivity contribution in [1.82, 2.24) is 18.3 Å². The fourth-order valence-electron chi connectivity index (χ4n) is 12.1. The lowest BCUT2D eigenvalue weighted by Gasteiger charge is -2.34. The monoisotopic (exact) mass is 878 g/mol. The van der Waals surface area contributed by atoms with Crippen molar-refractivity contribution in [3.63, 3.8) is 0 Å². The number of fused-ring (bicyclic) bond motifs is 11. The van der Waals surface area contributed by atoms with Crippen LogP contribution in [0.15, 0.2) is 255 Å². The van der Waals surface area contributed by atoms with E-state index in [1.807, 2.05) is 0 Å². The number of nitrogens with zero attached hydrogens (tertiary/aromatic N) is 4. The Kier molecular flexibility index (Phi) is 7.96. The molecule has 4 heterocycles. The van der Waals surface area contributed by atoms with Crippen LogP contribution in [0.5, 0.6) is 0 Å². The van der Waals surface area contributed by atoms with Crippen molar-refractivity contribution < 1.29 is 0 Å². The van der Waals surface area contributed by atoms with E-state index in [2.05, 4.69) is 273 Å². The Bertz CT molecular complexity index is 4060. The van der Waals surface area contributed by atoms with Crippen LogP contribution in [0, 0.1) is 0 Å². The summed E-state index contributed by atoms with van der Waals surface area (Å²) in [7, 11) is 0. The second-order valence-electron chi connectivity index (χ2n) is 18.5. The maximum Gasteiger partial charge on any atom is 0.0715 e. The van der Waals surface area contributed by atoms with E-state index in [4.69, 9.17) is 0 Å². The standard InChI is InChI=1S/C65H42N4/c1-5-17-45(18-6-1)65(46-19-7-2-8-20-46)57-39-49(68-59-27-15-13-25-53(59)55-41-61-43(37-63(55)68)33-35-66(61)47-21-9-3-10-22-47)29-31-51(57)52-32-30-50(40-58(52)65)69-60-28-16-14-26-54(60)56-42-62-44(38-64(56)69)34-36-67(62)48-23-11-4-12-24-48/h1-42H. The van der Waals surface area contributed by atoms with Crippen LogP contribution in [0.2, 0.25) is 0 Å². The predicted octanol–water partition coefficient (Wildman–Crippen LogP) is 16.1. The van der Waals surface area contributed by atoms with Gasteiger partial charge in [-0.25, -0.2) is 0 Å². The number of benzene rings is 10. The molecular formula is C65H42N4. The second-order valence-corrected chi connectivity index (χ2v) is 18.5. The summed E-state index contributed by atoms with van der Waals surface area (Å²) in [5.41, 5.74) is 18.6. The number of hydrogen-bond donors (Lipinski definition) is 0. The molecule has 0 atom stereocenters. The van der Waals surface area contributed by atoms with Crippen LogP contribution in [0.1, 0.15) is 22.3 Å². The largest absolute Gasteiger partial charge is 0.317 e. The maximum absolute atomic E-state index is 2.49. The van der Waals surface area contributed by atoms with Crippen LogP contribution in [-0.4, -0.2) is 18.3 Å². The first-order valence-electron chi connectivity index (χ1n) is 23.8. The fourth-order valence-corrected chi connectivity index (χ4v) is 12.1. The molecule has 10 aromatic carbocycles. The smallest absolute Gasteiger partial charge is 0.0715 e. The molecule has 0 radical (unpaired) electrons. The van der Waals surface area contributed by atoms with Gasteiger partial charge in [0, 0.05) is 67.5 Å². The molecule has 1 aliphatic carbocycles. The summed E-state index contributed by atoms with van der Waals surface area (Å²) in [6.07, 6.45) is 4.39. The third-order valence-corrected chi connectivity index (χ3v) is 15.1. The number of aromatic nitrogens is 4. The molecule has 0 saturated heterocycles. The highest BCUT2D eigenvalue weighted by atomic mass is 15.0. The van der Waals surface area contributed by atoms with Crippen molar-refractivity contribution in [3.05, 3.63) is 277 Å². The van der Waals surface area contributed by atoms with Gasteiger partial charge in [-0.15, -0.1) is 0 Å². The van der Waals surface area contributed by atoms with Crippen molar-refractivity contribution in [2.75, 3.05) is 0 Å². The predicted molar refractivity (Wildman–Crippen MR) is 286 cm³/mol. The van der Waals surface area contributed by atoms with Gasteiger partial charge in [0.15, 0.2) is 0 Å². The zero-order valence-electron chi connectivity index (χ0n) is 37.5. The average Bonchev–Trinajstić information content (AvgIpc) is 4.23. The highest BCUT2D eigenvalue weighted by Crippen LogP contribution is 2.57. The summed E-state index contributed by atoms with van der Waals surface area (Å²) in [5, 5.41) is 7.36. The minimum absolute atomic E-state index is 0.628. The molecule has 0 amide bonds. The van der Waals surface area contributed by atoms with E-state index in [1.54, 1.807) is 0 Å². The quantitative estimate of drug-likeness (QED) is 0.159. The van der Waals surface area contributed by atoms with Gasteiger partial charge in [-0.05, 0) is 130 Å². The van der Waals surface area contributed by atoms with E-state index in [9.17, 15) is 0 Å². The molecule has 4 heteroatoms. The van der Waals surface area contributed by atoms with Crippen LogP contribution < -0.4 is 0 Å². The molecule has 0 bridgehead atoms. The molecule has 322 valence electrons. The van der Waals surface area contributed by atoms with Crippen molar-refractivity contribution >= 4 is 65.4 Å². The van der Waals surface area contributed by atoms with Gasteiger partial charge in [-0.3, -0.25) is 0 Å². The Morgan fingerprint density at radius 2 is 0.652 bits per heavy atom. The molecule has 15 rings (SSSR count). The number of para-hydroxylation sites is 4. The molecule has 4 aromatic heterocycles. The zero-order valence-corrected chi connectivity index (χ0v) is 37.5. The van der Waals surface area contributed by atoms with E-state index < -0.39 is 5.41 Å². The minimum Gasteiger partial charge on any atom is -0.317 e. The SMILES string of the molecule is c1ccc(-n2ccc3cc4c(cc32)c2ccccc2n4-c2ccc3c(c2)C(c2ccccc2)(c2ccccc2)c2cc(-n4c5ccccc5c5cc6c(ccn6-c6ccccc6)cc54)ccc2-3)cc1. The molecule has 4 nitrogen and oxygen atoms in total. The number of rotatable bonds is 6. The van der Waals surface area contributed by atoms with E-state index >= 15 is 0 Å². The summed E-state index contributed by atoms with van der Waals surface area (Å²) < 4.78 is 9.59. The highest BCUT2D eigenvalue weighted by molar-refractivity contribution is 6.15. The fraction of sp³-hybridized carbons (Fsp3) is 0.0154. The lowest BCUT2D eigenvalue weighted by Crippen LogP contribution is -2.28. The molecule has 0 aliphatic heterocycles. The van der Waals surface area contributed by atoms with Gasteiger partial charge in [-0.2, -0.15) is 0 Å². The summed E-state index contributed by atoms with van der Waals surface area (Å²) in [5.74, 6) is 0. The van der Waals surface area contributed by atoms with E-state index in [-0.39, 0.29) is 0 Å². The van der Waals surface area contributed by atoms with Crippen molar-refractivity contribution in [3.8, 4) is 33.9 Å². The molecule has 0 unspecified atom stereocenters. The van der Waals surface area contributed by atoms with Gasteiger partial charge in [0.25, 0.3) is 0 Å². The molecule has 1 aliphatic rings. The molecule has 0 N–H and O–H groups in total. The molecule has 14 aromatic rings. The van der Waals surface area contributed by atoms with Gasteiger partial charge < -0.3 is 18.3 Å². The summed E-state index contributed by atoms with van der Waals surface area (Å²) in [6, 6.07) is 89.9. The van der Waals surface area contributed by atoms with Crippen molar-refractivity contribution in [1.29, 1.82) is 0 Å². The molecular weight excluding hydrogens is 837 g/mol. The van der Waals surface area contributed by atoms with Crippen molar-refractivity contribution in [2.24, 2.45) is 0 Å². The van der Waals surface area contributed by atoms with Crippen LogP contribution >= 0.6 is 0 Å². The van der Waals surface area contributed by atoms with Crippen LogP contribution in [0.25, 0.3) is 99.3 Å².